The van der Waals surface area contributed by atoms with Crippen LogP contribution in [0.4, 0.5) is 5.82 Å². The number of nitrogens with one attached hydrogen (secondary N) is 1. The number of para-hydroxylation sites is 1. The topological polar surface area (TPSA) is 75.4 Å². The molecule has 5 nitrogen and oxygen atoms in total. The second-order valence-corrected chi connectivity index (χ2v) is 3.23. The lowest BCUT2D eigenvalue weighted by Crippen LogP contribution is -2.12. The van der Waals surface area contributed by atoms with Crippen LogP contribution in [-0.4, -0.2) is 22.8 Å². The van der Waals surface area contributed by atoms with E-state index in [0.717, 1.165) is 10.9 Å². The van der Waals surface area contributed by atoms with Crippen molar-refractivity contribution >= 4 is 22.8 Å². The fourth-order valence-electron chi connectivity index (χ4n) is 1.39. The zero-order valence-electron chi connectivity index (χ0n) is 8.15. The summed E-state index contributed by atoms with van der Waals surface area (Å²) in [6.07, 6.45) is 0. The van der Waals surface area contributed by atoms with Crippen LogP contribution in [0.15, 0.2) is 22.7 Å². The van der Waals surface area contributed by atoms with Crippen molar-refractivity contribution in [1.29, 1.82) is 0 Å². The number of carbonyl (C=O) groups is 1. The van der Waals surface area contributed by atoms with Crippen molar-refractivity contribution in [2.45, 2.75) is 6.92 Å². The van der Waals surface area contributed by atoms with Crippen LogP contribution in [0.3, 0.4) is 0 Å². The first-order valence-corrected chi connectivity index (χ1v) is 4.49. The number of carboxylic acids is 1. The minimum absolute atomic E-state index is 0.171. The van der Waals surface area contributed by atoms with Crippen LogP contribution in [0.1, 0.15) is 5.56 Å². The number of hydrogen-bond acceptors (Lipinski definition) is 4. The third-order valence-corrected chi connectivity index (χ3v) is 2.10. The van der Waals surface area contributed by atoms with Gasteiger partial charge in [0.05, 0.1) is 5.39 Å². The highest BCUT2D eigenvalue weighted by atomic mass is 16.5. The van der Waals surface area contributed by atoms with Gasteiger partial charge in [-0.25, -0.2) is 0 Å². The van der Waals surface area contributed by atoms with E-state index in [1.165, 1.54) is 0 Å². The number of nitrogens with zero attached hydrogens (tertiary/aromatic N) is 1. The highest BCUT2D eigenvalue weighted by Crippen LogP contribution is 2.24. The Balaban J connectivity index is 2.37. The van der Waals surface area contributed by atoms with E-state index in [1.54, 1.807) is 0 Å². The molecule has 2 rings (SSSR count). The fraction of sp³-hybridized carbons (Fsp3) is 0.200. The number of aryl methyl sites for hydroxylation is 1. The molecule has 0 fully saturated rings. The average Bonchev–Trinajstić information content (AvgIpc) is 2.59. The standard InChI is InChI=1S/C10H10N2O3/c1-6-3-2-4-7-9(6)15-12-10(7)11-5-8(13)14/h2-4H,5H2,1H3,(H,11,12)(H,13,14). The molecule has 1 aromatic heterocycles. The molecule has 1 aromatic carbocycles. The monoisotopic (exact) mass is 206 g/mol. The molecule has 0 aliphatic rings. The molecule has 78 valence electrons. The summed E-state index contributed by atoms with van der Waals surface area (Å²) in [4.78, 5) is 10.4. The van der Waals surface area contributed by atoms with Crippen molar-refractivity contribution in [3.63, 3.8) is 0 Å². The summed E-state index contributed by atoms with van der Waals surface area (Å²) in [7, 11) is 0. The average molecular weight is 206 g/mol. The number of fused-ring (bicyclic) bond motifs is 1. The summed E-state index contributed by atoms with van der Waals surface area (Å²) >= 11 is 0. The Morgan fingerprint density at radius 3 is 3.13 bits per heavy atom. The predicted octanol–water partition coefficient (Wildman–Crippen LogP) is 1.63. The van der Waals surface area contributed by atoms with Crippen LogP contribution in [0.25, 0.3) is 11.0 Å². The van der Waals surface area contributed by atoms with Gasteiger partial charge < -0.3 is 14.9 Å². The van der Waals surface area contributed by atoms with Crippen LogP contribution < -0.4 is 5.32 Å². The Labute approximate surface area is 85.7 Å². The van der Waals surface area contributed by atoms with Crippen molar-refractivity contribution in [2.24, 2.45) is 0 Å². The number of anilines is 1. The van der Waals surface area contributed by atoms with Gasteiger partial charge in [0.2, 0.25) is 0 Å². The number of aromatic nitrogens is 1. The Kier molecular flexibility index (Phi) is 2.29. The lowest BCUT2D eigenvalue weighted by atomic mass is 10.2. The van der Waals surface area contributed by atoms with E-state index >= 15 is 0 Å². The van der Waals surface area contributed by atoms with Crippen LogP contribution in [-0.2, 0) is 4.79 Å². The predicted molar refractivity (Wildman–Crippen MR) is 54.9 cm³/mol. The molecule has 5 heteroatoms. The third-order valence-electron chi connectivity index (χ3n) is 2.10. The zero-order chi connectivity index (χ0) is 10.8. The van der Waals surface area contributed by atoms with Gasteiger partial charge in [-0.05, 0) is 18.6 Å². The number of rotatable bonds is 3. The van der Waals surface area contributed by atoms with Crippen LogP contribution >= 0.6 is 0 Å². The molecule has 0 atom stereocenters. The number of hydrogen-bond donors (Lipinski definition) is 2. The molecule has 2 N–H and O–H groups in total. The molecule has 0 aliphatic carbocycles. The van der Waals surface area contributed by atoms with E-state index in [4.69, 9.17) is 9.63 Å². The van der Waals surface area contributed by atoms with Gasteiger partial charge in [0.1, 0.15) is 6.54 Å². The van der Waals surface area contributed by atoms with E-state index in [2.05, 4.69) is 10.5 Å². The normalized spacial score (nSPS) is 10.5. The van der Waals surface area contributed by atoms with Crippen molar-refractivity contribution in [1.82, 2.24) is 5.16 Å². The molecule has 0 amide bonds. The van der Waals surface area contributed by atoms with E-state index in [0.29, 0.717) is 11.4 Å². The second kappa shape index (κ2) is 3.61. The molecule has 0 aliphatic heterocycles. The maximum atomic E-state index is 10.4. The molecular formula is C10H10N2O3. The molecule has 1 heterocycles. The van der Waals surface area contributed by atoms with Crippen molar-refractivity contribution in [2.75, 3.05) is 11.9 Å². The number of benzene rings is 1. The Bertz CT molecular complexity index is 504. The molecule has 0 radical (unpaired) electrons. The second-order valence-electron chi connectivity index (χ2n) is 3.23. The molecule has 15 heavy (non-hydrogen) atoms. The van der Waals surface area contributed by atoms with Gasteiger partial charge in [0, 0.05) is 0 Å². The third kappa shape index (κ3) is 1.76. The maximum Gasteiger partial charge on any atom is 0.322 e. The zero-order valence-corrected chi connectivity index (χ0v) is 8.15. The van der Waals surface area contributed by atoms with E-state index in [1.807, 2.05) is 25.1 Å². The van der Waals surface area contributed by atoms with Gasteiger partial charge in [0.25, 0.3) is 0 Å². The van der Waals surface area contributed by atoms with Crippen molar-refractivity contribution in [3.8, 4) is 0 Å². The molecule has 0 unspecified atom stereocenters. The number of aliphatic carboxylic acids is 1. The maximum absolute atomic E-state index is 10.4. The Hall–Kier alpha value is -2.04. The number of carboxylic acid groups (broad SMARTS) is 1. The van der Waals surface area contributed by atoms with Gasteiger partial charge in [-0.2, -0.15) is 0 Å². The van der Waals surface area contributed by atoms with E-state index in [-0.39, 0.29) is 6.54 Å². The summed E-state index contributed by atoms with van der Waals surface area (Å²) in [6.45, 7) is 1.74. The van der Waals surface area contributed by atoms with E-state index < -0.39 is 5.97 Å². The van der Waals surface area contributed by atoms with Crippen LogP contribution in [0.5, 0.6) is 0 Å². The van der Waals surface area contributed by atoms with Crippen LogP contribution in [0, 0.1) is 6.92 Å². The lowest BCUT2D eigenvalue weighted by Gasteiger charge is -1.97. The summed E-state index contributed by atoms with van der Waals surface area (Å²) in [5, 5.41) is 15.8. The fourth-order valence-corrected chi connectivity index (χ4v) is 1.39. The largest absolute Gasteiger partial charge is 0.480 e. The molecular weight excluding hydrogens is 196 g/mol. The lowest BCUT2D eigenvalue weighted by molar-refractivity contribution is -0.134. The molecule has 0 spiro atoms. The first-order valence-electron chi connectivity index (χ1n) is 4.49. The van der Waals surface area contributed by atoms with Gasteiger partial charge >= 0.3 is 5.97 Å². The summed E-state index contributed by atoms with van der Waals surface area (Å²) in [6, 6.07) is 5.62. The quantitative estimate of drug-likeness (QED) is 0.798. The highest BCUT2D eigenvalue weighted by molar-refractivity contribution is 5.91. The summed E-state index contributed by atoms with van der Waals surface area (Å²) in [5.41, 5.74) is 1.66. The Morgan fingerprint density at radius 2 is 2.40 bits per heavy atom. The first kappa shape index (κ1) is 9.51. The van der Waals surface area contributed by atoms with Gasteiger partial charge in [-0.1, -0.05) is 17.3 Å². The Morgan fingerprint density at radius 1 is 1.60 bits per heavy atom. The minimum atomic E-state index is -0.932. The SMILES string of the molecule is Cc1cccc2c(NCC(=O)O)noc12. The van der Waals surface area contributed by atoms with Gasteiger partial charge in [-0.15, -0.1) is 0 Å². The van der Waals surface area contributed by atoms with E-state index in [9.17, 15) is 4.79 Å². The van der Waals surface area contributed by atoms with Crippen molar-refractivity contribution < 1.29 is 14.4 Å². The summed E-state index contributed by atoms with van der Waals surface area (Å²) < 4.78 is 5.11. The molecule has 2 aromatic rings. The minimum Gasteiger partial charge on any atom is -0.480 e. The molecule has 0 bridgehead atoms. The van der Waals surface area contributed by atoms with Gasteiger partial charge in [-0.3, -0.25) is 4.79 Å². The molecule has 0 saturated heterocycles. The summed E-state index contributed by atoms with van der Waals surface area (Å²) in [5.74, 6) is -0.463. The first-order chi connectivity index (χ1) is 7.18. The van der Waals surface area contributed by atoms with Crippen LogP contribution in [0.2, 0.25) is 0 Å². The van der Waals surface area contributed by atoms with Gasteiger partial charge in [0.15, 0.2) is 11.4 Å². The smallest absolute Gasteiger partial charge is 0.322 e. The highest BCUT2D eigenvalue weighted by Gasteiger charge is 2.09. The van der Waals surface area contributed by atoms with Crippen molar-refractivity contribution in [3.05, 3.63) is 23.8 Å². The molecule has 0 saturated carbocycles.